The van der Waals surface area contributed by atoms with Crippen molar-refractivity contribution in [3.63, 3.8) is 0 Å². The molecule has 1 aromatic rings. The van der Waals surface area contributed by atoms with Crippen LogP contribution in [0.4, 0.5) is 4.39 Å². The van der Waals surface area contributed by atoms with Gasteiger partial charge in [-0.05, 0) is 12.1 Å². The van der Waals surface area contributed by atoms with Gasteiger partial charge in [-0.1, -0.05) is 0 Å². The Labute approximate surface area is 68.5 Å². The summed E-state index contributed by atoms with van der Waals surface area (Å²) in [5, 5.41) is 13.4. The Kier molecular flexibility index (Phi) is 2.03. The largest absolute Gasteiger partial charge is 0.508 e. The number of benzene rings is 1. The summed E-state index contributed by atoms with van der Waals surface area (Å²) in [4.78, 5) is -0.625. The number of phenols is 1. The molecule has 0 aliphatic rings. The zero-order valence-electron chi connectivity index (χ0n) is 5.86. The highest BCUT2D eigenvalue weighted by Gasteiger charge is 2.13. The van der Waals surface area contributed by atoms with Crippen molar-refractivity contribution >= 4 is 10.0 Å². The third-order valence-corrected chi connectivity index (χ3v) is 2.17. The first-order chi connectivity index (χ1) is 5.41. The summed E-state index contributed by atoms with van der Waals surface area (Å²) in [5.41, 5.74) is 0. The SMILES string of the molecule is NS(=O)(=O)c1ccc(O)cc1F. The molecule has 6 heteroatoms. The summed E-state index contributed by atoms with van der Waals surface area (Å²) >= 11 is 0. The van der Waals surface area contributed by atoms with Crippen molar-refractivity contribution in [2.24, 2.45) is 5.14 Å². The van der Waals surface area contributed by atoms with Gasteiger partial charge in [-0.15, -0.1) is 0 Å². The number of hydrogen-bond donors (Lipinski definition) is 2. The minimum atomic E-state index is -4.04. The number of phenolic OH excluding ortho intramolecular Hbond substituents is 1. The predicted octanol–water partition coefficient (Wildman–Crippen LogP) is 0.179. The normalized spacial score (nSPS) is 11.5. The van der Waals surface area contributed by atoms with Gasteiger partial charge in [0, 0.05) is 6.07 Å². The predicted molar refractivity (Wildman–Crippen MR) is 39.4 cm³/mol. The van der Waals surface area contributed by atoms with Gasteiger partial charge in [-0.3, -0.25) is 0 Å². The van der Waals surface area contributed by atoms with Crippen molar-refractivity contribution in [1.82, 2.24) is 0 Å². The molecule has 0 aliphatic carbocycles. The number of aromatic hydroxyl groups is 1. The van der Waals surface area contributed by atoms with Gasteiger partial charge < -0.3 is 5.11 Å². The third kappa shape index (κ3) is 1.72. The molecule has 0 spiro atoms. The van der Waals surface area contributed by atoms with Gasteiger partial charge in [0.15, 0.2) is 0 Å². The Morgan fingerprint density at radius 2 is 2.00 bits per heavy atom. The average molecular weight is 191 g/mol. The van der Waals surface area contributed by atoms with E-state index in [0.29, 0.717) is 6.07 Å². The highest BCUT2D eigenvalue weighted by Crippen LogP contribution is 2.17. The van der Waals surface area contributed by atoms with E-state index >= 15 is 0 Å². The maximum atomic E-state index is 12.7. The van der Waals surface area contributed by atoms with Crippen LogP contribution in [0, 0.1) is 5.82 Å². The van der Waals surface area contributed by atoms with Crippen LogP contribution in [0.3, 0.4) is 0 Å². The molecule has 0 saturated heterocycles. The molecule has 1 rings (SSSR count). The molecule has 1 aromatic carbocycles. The van der Waals surface area contributed by atoms with Crippen molar-refractivity contribution in [2.45, 2.75) is 4.90 Å². The van der Waals surface area contributed by atoms with Crippen molar-refractivity contribution in [3.05, 3.63) is 24.0 Å². The molecule has 3 N–H and O–H groups in total. The van der Waals surface area contributed by atoms with E-state index in [1.54, 1.807) is 0 Å². The number of primary sulfonamides is 1. The first-order valence-corrected chi connectivity index (χ1v) is 4.47. The fourth-order valence-corrected chi connectivity index (χ4v) is 1.31. The van der Waals surface area contributed by atoms with E-state index < -0.39 is 20.7 Å². The standard InChI is InChI=1S/C6H6FNO3S/c7-5-3-4(9)1-2-6(5)12(8,10)11/h1-3,9H,(H2,8,10,11). The molecule has 12 heavy (non-hydrogen) atoms. The molecule has 0 aliphatic heterocycles. The zero-order valence-corrected chi connectivity index (χ0v) is 6.68. The molecule has 0 heterocycles. The summed E-state index contributed by atoms with van der Waals surface area (Å²) in [6.45, 7) is 0. The number of halogens is 1. The maximum Gasteiger partial charge on any atom is 0.240 e. The van der Waals surface area contributed by atoms with E-state index in [2.05, 4.69) is 5.14 Å². The van der Waals surface area contributed by atoms with Gasteiger partial charge in [0.2, 0.25) is 10.0 Å². The van der Waals surface area contributed by atoms with Crippen molar-refractivity contribution in [2.75, 3.05) is 0 Å². The second kappa shape index (κ2) is 2.72. The van der Waals surface area contributed by atoms with E-state index in [0.717, 1.165) is 12.1 Å². The van der Waals surface area contributed by atoms with E-state index in [1.165, 1.54) is 0 Å². The van der Waals surface area contributed by atoms with Gasteiger partial charge in [0.25, 0.3) is 0 Å². The Bertz CT molecular complexity index is 401. The van der Waals surface area contributed by atoms with Gasteiger partial charge in [0.05, 0.1) is 0 Å². The molecule has 0 amide bonds. The van der Waals surface area contributed by atoms with Crippen LogP contribution in [0.2, 0.25) is 0 Å². The molecule has 0 bridgehead atoms. The lowest BCUT2D eigenvalue weighted by atomic mass is 10.3. The van der Waals surface area contributed by atoms with Gasteiger partial charge in [0.1, 0.15) is 16.5 Å². The quantitative estimate of drug-likeness (QED) is 0.664. The summed E-state index contributed by atoms with van der Waals surface area (Å²) < 4.78 is 34.0. The highest BCUT2D eigenvalue weighted by molar-refractivity contribution is 7.89. The lowest BCUT2D eigenvalue weighted by Gasteiger charge is -1.99. The first kappa shape index (κ1) is 8.95. The van der Waals surface area contributed by atoms with E-state index in [9.17, 15) is 12.8 Å². The third-order valence-electron chi connectivity index (χ3n) is 1.22. The van der Waals surface area contributed by atoms with Gasteiger partial charge >= 0.3 is 0 Å². The summed E-state index contributed by atoms with van der Waals surface area (Å²) in [7, 11) is -4.04. The van der Waals surface area contributed by atoms with Crippen LogP contribution in [0.25, 0.3) is 0 Å². The zero-order chi connectivity index (χ0) is 9.35. The molecular formula is C6H6FNO3S. The van der Waals surface area contributed by atoms with Gasteiger partial charge in [-0.2, -0.15) is 0 Å². The minimum absolute atomic E-state index is 0.347. The fraction of sp³-hybridized carbons (Fsp3) is 0. The molecule has 0 aromatic heterocycles. The average Bonchev–Trinajstić information content (AvgIpc) is 1.83. The lowest BCUT2D eigenvalue weighted by molar-refractivity contribution is 0.466. The van der Waals surface area contributed by atoms with Crippen LogP contribution in [0.1, 0.15) is 0 Å². The summed E-state index contributed by atoms with van der Waals surface area (Å²) in [5.74, 6) is -1.41. The number of hydrogen-bond acceptors (Lipinski definition) is 3. The second-order valence-electron chi connectivity index (χ2n) is 2.16. The molecule has 0 unspecified atom stereocenters. The highest BCUT2D eigenvalue weighted by atomic mass is 32.2. The molecular weight excluding hydrogens is 185 g/mol. The first-order valence-electron chi connectivity index (χ1n) is 2.92. The van der Waals surface area contributed by atoms with Gasteiger partial charge in [-0.25, -0.2) is 17.9 Å². The fourth-order valence-electron chi connectivity index (χ4n) is 0.720. The molecule has 0 atom stereocenters. The summed E-state index contributed by atoms with van der Waals surface area (Å²) in [6, 6.07) is 2.63. The smallest absolute Gasteiger partial charge is 0.240 e. The van der Waals surface area contributed by atoms with E-state index in [1.807, 2.05) is 0 Å². The molecule has 0 radical (unpaired) electrons. The Morgan fingerprint density at radius 1 is 1.42 bits per heavy atom. The van der Waals surface area contributed by atoms with E-state index in [-0.39, 0.29) is 5.75 Å². The second-order valence-corrected chi connectivity index (χ2v) is 3.69. The molecule has 66 valence electrons. The Morgan fingerprint density at radius 3 is 2.42 bits per heavy atom. The van der Waals surface area contributed by atoms with Crippen LogP contribution < -0.4 is 5.14 Å². The van der Waals surface area contributed by atoms with Crippen LogP contribution in [0.15, 0.2) is 23.1 Å². The van der Waals surface area contributed by atoms with Crippen molar-refractivity contribution < 1.29 is 17.9 Å². The van der Waals surface area contributed by atoms with Crippen LogP contribution in [-0.2, 0) is 10.0 Å². The molecule has 4 nitrogen and oxygen atoms in total. The Hall–Kier alpha value is -1.14. The number of nitrogens with two attached hydrogens (primary N) is 1. The minimum Gasteiger partial charge on any atom is -0.508 e. The van der Waals surface area contributed by atoms with Crippen LogP contribution in [0.5, 0.6) is 5.75 Å². The van der Waals surface area contributed by atoms with Crippen molar-refractivity contribution in [3.8, 4) is 5.75 Å². The topological polar surface area (TPSA) is 80.4 Å². The van der Waals surface area contributed by atoms with E-state index in [4.69, 9.17) is 5.11 Å². The molecule has 0 saturated carbocycles. The van der Waals surface area contributed by atoms with Crippen molar-refractivity contribution in [1.29, 1.82) is 0 Å². The van der Waals surface area contributed by atoms with Crippen LogP contribution >= 0.6 is 0 Å². The Balaban J connectivity index is 3.39. The summed E-state index contributed by atoms with van der Waals surface area (Å²) in [6.07, 6.45) is 0. The van der Waals surface area contributed by atoms with Crippen LogP contribution in [-0.4, -0.2) is 13.5 Å². The number of sulfonamides is 1. The molecule has 0 fully saturated rings. The lowest BCUT2D eigenvalue weighted by Crippen LogP contribution is -2.13. The number of rotatable bonds is 1. The maximum absolute atomic E-state index is 12.7. The monoisotopic (exact) mass is 191 g/mol.